The lowest BCUT2D eigenvalue weighted by Crippen LogP contribution is -2.53. The van der Waals surface area contributed by atoms with Gasteiger partial charge in [0.2, 0.25) is 5.91 Å². The Labute approximate surface area is 173 Å². The summed E-state index contributed by atoms with van der Waals surface area (Å²) in [5, 5.41) is 0. The van der Waals surface area contributed by atoms with Crippen LogP contribution in [0.25, 0.3) is 11.0 Å². The minimum Gasteiger partial charge on any atom is -0.339 e. The van der Waals surface area contributed by atoms with Crippen molar-refractivity contribution in [3.05, 3.63) is 28.3 Å². The van der Waals surface area contributed by atoms with Gasteiger partial charge in [0, 0.05) is 38.8 Å². The average molecular weight is 420 g/mol. The van der Waals surface area contributed by atoms with Crippen molar-refractivity contribution in [3.8, 4) is 0 Å². The van der Waals surface area contributed by atoms with Crippen LogP contribution in [0.3, 0.4) is 0 Å². The first-order valence-electron chi connectivity index (χ1n) is 10.1. The highest BCUT2D eigenvalue weighted by atomic mass is 32.1. The standard InChI is InChI=1S/C20H26FN5O2S/c1-13-4-2-3-5-26(13)17(27)12-24-6-8-25(9-7-24)19(28)15-10-14(21)11-16-18(15)23-20(29)22-16/h10-11,13H,2-9,12H2,1H3,(H2,22,23,29). The van der Waals surface area contributed by atoms with Crippen LogP contribution in [0.5, 0.6) is 0 Å². The van der Waals surface area contributed by atoms with Crippen LogP contribution < -0.4 is 0 Å². The minimum absolute atomic E-state index is 0.170. The summed E-state index contributed by atoms with van der Waals surface area (Å²) in [7, 11) is 0. The van der Waals surface area contributed by atoms with Crippen molar-refractivity contribution < 1.29 is 14.0 Å². The lowest BCUT2D eigenvalue weighted by Gasteiger charge is -2.38. The summed E-state index contributed by atoms with van der Waals surface area (Å²) in [4.78, 5) is 37.2. The Kier molecular flexibility index (Phi) is 5.69. The van der Waals surface area contributed by atoms with Crippen LogP contribution in [0.4, 0.5) is 4.39 Å². The van der Waals surface area contributed by atoms with Crippen molar-refractivity contribution in [1.82, 2.24) is 24.7 Å². The fourth-order valence-corrected chi connectivity index (χ4v) is 4.52. The molecular formula is C20H26FN5O2S. The quantitative estimate of drug-likeness (QED) is 0.750. The van der Waals surface area contributed by atoms with Crippen LogP contribution in [0.2, 0.25) is 0 Å². The first kappa shape index (κ1) is 20.0. The largest absolute Gasteiger partial charge is 0.339 e. The number of hydrogen-bond donors (Lipinski definition) is 2. The number of carbonyl (C=O) groups is 2. The number of nitrogens with zero attached hydrogens (tertiary/aromatic N) is 3. The molecule has 1 aromatic carbocycles. The summed E-state index contributed by atoms with van der Waals surface area (Å²) < 4.78 is 14.3. The van der Waals surface area contributed by atoms with E-state index in [1.54, 1.807) is 4.90 Å². The van der Waals surface area contributed by atoms with E-state index in [2.05, 4.69) is 21.8 Å². The van der Waals surface area contributed by atoms with E-state index < -0.39 is 5.82 Å². The van der Waals surface area contributed by atoms with Gasteiger partial charge in [-0.05, 0) is 50.5 Å². The predicted molar refractivity (Wildman–Crippen MR) is 111 cm³/mol. The molecule has 0 aliphatic carbocycles. The van der Waals surface area contributed by atoms with Gasteiger partial charge >= 0.3 is 0 Å². The van der Waals surface area contributed by atoms with Crippen molar-refractivity contribution in [3.63, 3.8) is 0 Å². The van der Waals surface area contributed by atoms with Gasteiger partial charge < -0.3 is 19.8 Å². The highest BCUT2D eigenvalue weighted by Crippen LogP contribution is 2.21. The van der Waals surface area contributed by atoms with Gasteiger partial charge in [0.15, 0.2) is 4.77 Å². The van der Waals surface area contributed by atoms with Gasteiger partial charge in [0.05, 0.1) is 23.1 Å². The fourth-order valence-electron chi connectivity index (χ4n) is 4.31. The third-order valence-electron chi connectivity index (χ3n) is 5.96. The molecule has 0 radical (unpaired) electrons. The molecule has 2 saturated heterocycles. The molecular weight excluding hydrogens is 393 g/mol. The van der Waals surface area contributed by atoms with E-state index in [-0.39, 0.29) is 17.4 Å². The van der Waals surface area contributed by atoms with Crippen molar-refractivity contribution in [2.75, 3.05) is 39.3 Å². The summed E-state index contributed by atoms with van der Waals surface area (Å²) in [5.74, 6) is -0.537. The molecule has 7 nitrogen and oxygen atoms in total. The molecule has 0 spiro atoms. The predicted octanol–water partition coefficient (Wildman–Crippen LogP) is 2.52. The molecule has 1 aromatic heterocycles. The normalized spacial score (nSPS) is 21.0. The number of aromatic nitrogens is 2. The maximum absolute atomic E-state index is 14.0. The Balaban J connectivity index is 1.39. The van der Waals surface area contributed by atoms with Crippen LogP contribution in [0.1, 0.15) is 36.5 Å². The number of amides is 2. The Bertz CT molecular complexity index is 979. The number of rotatable bonds is 3. The van der Waals surface area contributed by atoms with E-state index in [4.69, 9.17) is 12.2 Å². The zero-order valence-electron chi connectivity index (χ0n) is 16.5. The first-order chi connectivity index (χ1) is 13.9. The first-order valence-corrected chi connectivity index (χ1v) is 10.6. The van der Waals surface area contributed by atoms with E-state index in [0.717, 1.165) is 19.4 Å². The summed E-state index contributed by atoms with van der Waals surface area (Å²) >= 11 is 5.08. The van der Waals surface area contributed by atoms with E-state index in [9.17, 15) is 14.0 Å². The molecule has 3 heterocycles. The van der Waals surface area contributed by atoms with Crippen molar-refractivity contribution in [2.24, 2.45) is 0 Å². The summed E-state index contributed by atoms with van der Waals surface area (Å²) in [5.41, 5.74) is 1.29. The van der Waals surface area contributed by atoms with Gasteiger partial charge in [0.1, 0.15) is 5.82 Å². The Morgan fingerprint density at radius 3 is 2.62 bits per heavy atom. The number of piperazine rings is 1. The second-order valence-corrected chi connectivity index (χ2v) is 8.36. The molecule has 1 atom stereocenters. The lowest BCUT2D eigenvalue weighted by molar-refractivity contribution is -0.136. The molecule has 2 aliphatic rings. The number of benzene rings is 1. The number of halogens is 1. The molecule has 2 aromatic rings. The number of imidazole rings is 1. The van der Waals surface area contributed by atoms with Gasteiger partial charge in [-0.1, -0.05) is 0 Å². The van der Waals surface area contributed by atoms with Crippen LogP contribution in [-0.4, -0.2) is 81.8 Å². The summed E-state index contributed by atoms with van der Waals surface area (Å²) in [6.45, 7) is 5.60. The molecule has 0 saturated carbocycles. The number of piperidine rings is 1. The molecule has 4 rings (SSSR count). The summed E-state index contributed by atoms with van der Waals surface area (Å²) in [6.07, 6.45) is 3.32. The number of carbonyl (C=O) groups excluding carboxylic acids is 2. The van der Waals surface area contributed by atoms with Gasteiger partial charge in [-0.15, -0.1) is 0 Å². The molecule has 9 heteroatoms. The van der Waals surface area contributed by atoms with Crippen LogP contribution in [0.15, 0.2) is 12.1 Å². The molecule has 2 amide bonds. The lowest BCUT2D eigenvalue weighted by atomic mass is 10.0. The van der Waals surface area contributed by atoms with Crippen molar-refractivity contribution >= 4 is 35.1 Å². The number of likely N-dealkylation sites (tertiary alicyclic amines) is 1. The van der Waals surface area contributed by atoms with Crippen molar-refractivity contribution in [1.29, 1.82) is 0 Å². The fraction of sp³-hybridized carbons (Fsp3) is 0.550. The molecule has 2 N–H and O–H groups in total. The highest BCUT2D eigenvalue weighted by Gasteiger charge is 2.28. The van der Waals surface area contributed by atoms with Crippen LogP contribution >= 0.6 is 12.2 Å². The minimum atomic E-state index is -0.481. The number of H-pyrrole nitrogens is 2. The van der Waals surface area contributed by atoms with Gasteiger partial charge in [-0.25, -0.2) is 4.39 Å². The molecule has 1 unspecified atom stereocenters. The highest BCUT2D eigenvalue weighted by molar-refractivity contribution is 7.71. The second kappa shape index (κ2) is 8.23. The van der Waals surface area contributed by atoms with E-state index in [0.29, 0.717) is 54.6 Å². The number of hydrogen-bond acceptors (Lipinski definition) is 4. The number of aromatic amines is 2. The molecule has 2 aliphatic heterocycles. The third kappa shape index (κ3) is 4.20. The molecule has 29 heavy (non-hydrogen) atoms. The zero-order chi connectivity index (χ0) is 20.5. The van der Waals surface area contributed by atoms with E-state index >= 15 is 0 Å². The van der Waals surface area contributed by atoms with Crippen LogP contribution in [0, 0.1) is 10.6 Å². The Morgan fingerprint density at radius 1 is 1.14 bits per heavy atom. The van der Waals surface area contributed by atoms with Crippen molar-refractivity contribution in [2.45, 2.75) is 32.2 Å². The molecule has 0 bridgehead atoms. The monoisotopic (exact) mass is 419 g/mol. The summed E-state index contributed by atoms with van der Waals surface area (Å²) in [6, 6.07) is 2.88. The van der Waals surface area contributed by atoms with E-state index in [1.807, 2.05) is 4.90 Å². The van der Waals surface area contributed by atoms with Crippen LogP contribution in [-0.2, 0) is 4.79 Å². The Morgan fingerprint density at radius 2 is 1.90 bits per heavy atom. The van der Waals surface area contributed by atoms with Gasteiger partial charge in [0.25, 0.3) is 5.91 Å². The van der Waals surface area contributed by atoms with Gasteiger partial charge in [-0.2, -0.15) is 0 Å². The second-order valence-electron chi connectivity index (χ2n) is 7.96. The molecule has 156 valence electrons. The smallest absolute Gasteiger partial charge is 0.256 e. The van der Waals surface area contributed by atoms with Gasteiger partial charge in [-0.3, -0.25) is 14.5 Å². The average Bonchev–Trinajstić information content (AvgIpc) is 3.07. The maximum atomic E-state index is 14.0. The maximum Gasteiger partial charge on any atom is 0.256 e. The number of fused-ring (bicyclic) bond motifs is 1. The topological polar surface area (TPSA) is 75.4 Å². The molecule has 2 fully saturated rings. The van der Waals surface area contributed by atoms with E-state index in [1.165, 1.54) is 18.6 Å². The third-order valence-corrected chi connectivity index (χ3v) is 6.17. The number of nitrogens with one attached hydrogen (secondary N) is 2. The SMILES string of the molecule is CC1CCCCN1C(=O)CN1CCN(C(=O)c2cc(F)cc3[nH]c(=S)[nH]c23)CC1. The zero-order valence-corrected chi connectivity index (χ0v) is 17.4. The Hall–Kier alpha value is -2.26.